The van der Waals surface area contributed by atoms with Crippen LogP contribution in [0.5, 0.6) is 5.75 Å². The fourth-order valence-corrected chi connectivity index (χ4v) is 1.58. The second-order valence-electron chi connectivity index (χ2n) is 3.84. The first kappa shape index (κ1) is 15.8. The van der Waals surface area contributed by atoms with Crippen molar-refractivity contribution in [2.45, 2.75) is 0 Å². The van der Waals surface area contributed by atoms with Gasteiger partial charge >= 0.3 is 0 Å². The minimum absolute atomic E-state index is 0.0780. The van der Waals surface area contributed by atoms with E-state index < -0.39 is 0 Å². The van der Waals surface area contributed by atoms with Gasteiger partial charge in [0, 0.05) is 25.2 Å². The van der Waals surface area contributed by atoms with Crippen molar-refractivity contribution < 1.29 is 19.4 Å². The fourth-order valence-electron chi connectivity index (χ4n) is 1.45. The molecule has 1 N–H and O–H groups in total. The van der Waals surface area contributed by atoms with Gasteiger partial charge < -0.3 is 19.5 Å². The van der Waals surface area contributed by atoms with Crippen LogP contribution < -0.4 is 4.74 Å². The highest BCUT2D eigenvalue weighted by atomic mass is 35.5. The molecule has 0 saturated heterocycles. The van der Waals surface area contributed by atoms with Crippen molar-refractivity contribution in [3.63, 3.8) is 0 Å². The summed E-state index contributed by atoms with van der Waals surface area (Å²) in [7, 11) is 1.56. The number of amides is 1. The molecule has 0 unspecified atom stereocenters. The van der Waals surface area contributed by atoms with Crippen LogP contribution in [0.2, 0.25) is 5.02 Å². The molecule has 0 radical (unpaired) electrons. The van der Waals surface area contributed by atoms with Crippen molar-refractivity contribution >= 4 is 17.5 Å². The zero-order valence-corrected chi connectivity index (χ0v) is 11.6. The van der Waals surface area contributed by atoms with Gasteiger partial charge in [-0.3, -0.25) is 4.79 Å². The number of carbonyl (C=O) groups is 1. The highest BCUT2D eigenvalue weighted by Crippen LogP contribution is 2.15. The minimum atomic E-state index is -0.193. The summed E-state index contributed by atoms with van der Waals surface area (Å²) in [6.07, 6.45) is 0. The van der Waals surface area contributed by atoms with Gasteiger partial charge in [-0.15, -0.1) is 0 Å². The van der Waals surface area contributed by atoms with E-state index >= 15 is 0 Å². The van der Waals surface area contributed by atoms with E-state index in [1.165, 1.54) is 4.90 Å². The van der Waals surface area contributed by atoms with Crippen molar-refractivity contribution in [1.82, 2.24) is 4.90 Å². The third kappa shape index (κ3) is 5.92. The Morgan fingerprint density at radius 1 is 1.32 bits per heavy atom. The lowest BCUT2D eigenvalue weighted by Gasteiger charge is -2.21. The number of benzene rings is 1. The number of aliphatic hydroxyl groups is 1. The van der Waals surface area contributed by atoms with E-state index in [4.69, 9.17) is 26.2 Å². The summed E-state index contributed by atoms with van der Waals surface area (Å²) in [6.45, 7) is 0.959. The molecule has 0 aliphatic rings. The number of hydrogen-bond donors (Lipinski definition) is 1. The minimum Gasteiger partial charge on any atom is -0.484 e. The van der Waals surface area contributed by atoms with Crippen molar-refractivity contribution in [1.29, 1.82) is 0 Å². The Bertz CT molecular complexity index is 383. The molecule has 0 atom stereocenters. The molecule has 0 aliphatic heterocycles. The van der Waals surface area contributed by atoms with Crippen LogP contribution in [0, 0.1) is 0 Å². The van der Waals surface area contributed by atoms with E-state index in [2.05, 4.69) is 0 Å². The summed E-state index contributed by atoms with van der Waals surface area (Å²) in [5.74, 6) is 0.384. The molecule has 0 spiro atoms. The fraction of sp³-hybridized carbons (Fsp3) is 0.462. The smallest absolute Gasteiger partial charge is 0.260 e. The van der Waals surface area contributed by atoms with Crippen molar-refractivity contribution in [3.05, 3.63) is 29.3 Å². The number of nitrogens with zero attached hydrogens (tertiary/aromatic N) is 1. The summed E-state index contributed by atoms with van der Waals surface area (Å²) in [6, 6.07) is 6.78. The maximum absolute atomic E-state index is 11.9. The Kier molecular flexibility index (Phi) is 7.25. The van der Waals surface area contributed by atoms with Crippen molar-refractivity contribution in [2.24, 2.45) is 0 Å². The summed E-state index contributed by atoms with van der Waals surface area (Å²) < 4.78 is 10.3. The third-order valence-electron chi connectivity index (χ3n) is 2.46. The van der Waals surface area contributed by atoms with Crippen LogP contribution in [0.15, 0.2) is 24.3 Å². The number of ether oxygens (including phenoxy) is 2. The predicted molar refractivity (Wildman–Crippen MR) is 72.5 cm³/mol. The molecule has 1 aromatic carbocycles. The Hall–Kier alpha value is -1.30. The van der Waals surface area contributed by atoms with E-state index in [9.17, 15) is 4.79 Å². The Morgan fingerprint density at radius 2 is 2.00 bits per heavy atom. The molecule has 0 saturated carbocycles. The Labute approximate surface area is 117 Å². The van der Waals surface area contributed by atoms with Gasteiger partial charge in [0.05, 0.1) is 13.2 Å². The SMILES string of the molecule is COCCN(CCO)C(=O)COc1ccc(Cl)cc1. The standard InChI is InChI=1S/C13H18ClNO4/c1-18-9-7-15(6-8-16)13(17)10-19-12-4-2-11(14)3-5-12/h2-5,16H,6-10H2,1H3. The quantitative estimate of drug-likeness (QED) is 0.780. The van der Waals surface area contributed by atoms with Gasteiger partial charge in [-0.1, -0.05) is 11.6 Å². The normalized spacial score (nSPS) is 10.3. The lowest BCUT2D eigenvalue weighted by atomic mass is 10.3. The molecule has 0 heterocycles. The van der Waals surface area contributed by atoms with E-state index in [0.29, 0.717) is 23.9 Å². The van der Waals surface area contributed by atoms with Crippen LogP contribution in [-0.4, -0.2) is 55.9 Å². The van der Waals surface area contributed by atoms with Gasteiger partial charge in [0.2, 0.25) is 0 Å². The number of halogens is 1. The first-order valence-corrected chi connectivity index (χ1v) is 6.31. The van der Waals surface area contributed by atoms with Crippen LogP contribution in [-0.2, 0) is 9.53 Å². The molecule has 106 valence electrons. The summed E-state index contributed by atoms with van der Waals surface area (Å²) >= 11 is 5.75. The Balaban J connectivity index is 2.44. The highest BCUT2D eigenvalue weighted by Gasteiger charge is 2.13. The van der Waals surface area contributed by atoms with Crippen LogP contribution in [0.25, 0.3) is 0 Å². The van der Waals surface area contributed by atoms with Crippen LogP contribution in [0.1, 0.15) is 0 Å². The molecular formula is C13H18ClNO4. The number of hydrogen-bond acceptors (Lipinski definition) is 4. The van der Waals surface area contributed by atoms with Crippen molar-refractivity contribution in [3.8, 4) is 5.75 Å². The lowest BCUT2D eigenvalue weighted by molar-refractivity contribution is -0.134. The van der Waals surface area contributed by atoms with Gasteiger partial charge in [0.15, 0.2) is 6.61 Å². The molecule has 6 heteroatoms. The summed E-state index contributed by atoms with van der Waals surface area (Å²) in [4.78, 5) is 13.4. The van der Waals surface area contributed by atoms with E-state index in [1.54, 1.807) is 31.4 Å². The van der Waals surface area contributed by atoms with E-state index in [1.807, 2.05) is 0 Å². The largest absolute Gasteiger partial charge is 0.484 e. The van der Waals surface area contributed by atoms with Crippen LogP contribution in [0.4, 0.5) is 0 Å². The van der Waals surface area contributed by atoms with Gasteiger partial charge in [0.1, 0.15) is 5.75 Å². The second-order valence-corrected chi connectivity index (χ2v) is 4.28. The van der Waals surface area contributed by atoms with Gasteiger partial charge in [-0.25, -0.2) is 0 Å². The number of aliphatic hydroxyl groups excluding tert-OH is 1. The highest BCUT2D eigenvalue weighted by molar-refractivity contribution is 6.30. The molecule has 0 aromatic heterocycles. The molecule has 1 aromatic rings. The number of rotatable bonds is 8. The summed E-state index contributed by atoms with van der Waals surface area (Å²) in [5.41, 5.74) is 0. The lowest BCUT2D eigenvalue weighted by Crippen LogP contribution is -2.39. The van der Waals surface area contributed by atoms with Gasteiger partial charge in [0.25, 0.3) is 5.91 Å². The monoisotopic (exact) mass is 287 g/mol. The first-order chi connectivity index (χ1) is 9.17. The molecule has 19 heavy (non-hydrogen) atoms. The second kappa shape index (κ2) is 8.74. The predicted octanol–water partition coefficient (Wildman–Crippen LogP) is 1.19. The first-order valence-electron chi connectivity index (χ1n) is 5.93. The topological polar surface area (TPSA) is 59.0 Å². The Morgan fingerprint density at radius 3 is 2.58 bits per heavy atom. The molecule has 5 nitrogen and oxygen atoms in total. The average Bonchev–Trinajstić information content (AvgIpc) is 2.42. The van der Waals surface area contributed by atoms with Gasteiger partial charge in [-0.2, -0.15) is 0 Å². The van der Waals surface area contributed by atoms with E-state index in [-0.39, 0.29) is 25.7 Å². The molecule has 0 aliphatic carbocycles. The van der Waals surface area contributed by atoms with E-state index in [0.717, 1.165) is 0 Å². The molecule has 1 amide bonds. The molecule has 0 fully saturated rings. The average molecular weight is 288 g/mol. The molecule has 1 rings (SSSR count). The maximum atomic E-state index is 11.9. The summed E-state index contributed by atoms with van der Waals surface area (Å²) in [5, 5.41) is 9.52. The van der Waals surface area contributed by atoms with Crippen molar-refractivity contribution in [2.75, 3.05) is 40.0 Å². The van der Waals surface area contributed by atoms with Crippen LogP contribution >= 0.6 is 11.6 Å². The third-order valence-corrected chi connectivity index (χ3v) is 2.72. The van der Waals surface area contributed by atoms with Crippen LogP contribution in [0.3, 0.4) is 0 Å². The zero-order valence-electron chi connectivity index (χ0n) is 10.8. The number of methoxy groups -OCH3 is 1. The van der Waals surface area contributed by atoms with Gasteiger partial charge in [-0.05, 0) is 24.3 Å². The molecular weight excluding hydrogens is 270 g/mol. The molecule has 0 bridgehead atoms. The maximum Gasteiger partial charge on any atom is 0.260 e. The zero-order chi connectivity index (χ0) is 14.1. The number of carbonyl (C=O) groups excluding carboxylic acids is 1.